The predicted octanol–water partition coefficient (Wildman–Crippen LogP) is 4.08. The van der Waals surface area contributed by atoms with Gasteiger partial charge in [-0.2, -0.15) is 0 Å². The van der Waals surface area contributed by atoms with Gasteiger partial charge in [-0.15, -0.1) is 0 Å². The number of fused-ring (bicyclic) bond motifs is 3. The largest absolute Gasteiger partial charge is 0.364 e. The third kappa shape index (κ3) is 2.63. The molecule has 3 N–H and O–H groups in total. The van der Waals surface area contributed by atoms with Gasteiger partial charge in [0.15, 0.2) is 0 Å². The third-order valence-corrected chi connectivity index (χ3v) is 4.35. The normalized spacial score (nSPS) is 16.0. The maximum atomic E-state index is 6.31. The lowest BCUT2D eigenvalue weighted by Crippen LogP contribution is -2.25. The average molecular weight is 298 g/mol. The molecule has 0 saturated heterocycles. The van der Waals surface area contributed by atoms with Gasteiger partial charge in [-0.25, -0.2) is 4.98 Å². The Morgan fingerprint density at radius 2 is 1.95 bits per heavy atom. The van der Waals surface area contributed by atoms with Crippen LogP contribution in [0, 0.1) is 0 Å². The molecule has 0 radical (unpaired) electrons. The van der Waals surface area contributed by atoms with Crippen LogP contribution >= 0.6 is 0 Å². The zero-order valence-corrected chi connectivity index (χ0v) is 13.6. The van der Waals surface area contributed by atoms with E-state index in [1.807, 2.05) is 6.07 Å². The summed E-state index contributed by atoms with van der Waals surface area (Å²) in [4.78, 5) is 4.90. The molecule has 0 saturated carbocycles. The van der Waals surface area contributed by atoms with E-state index in [-0.39, 0.29) is 6.17 Å². The van der Waals surface area contributed by atoms with Crippen molar-refractivity contribution in [1.82, 2.24) is 9.55 Å². The summed E-state index contributed by atoms with van der Waals surface area (Å²) >= 11 is 0. The van der Waals surface area contributed by atoms with Crippen LogP contribution in [0.1, 0.15) is 57.2 Å². The van der Waals surface area contributed by atoms with Crippen LogP contribution in [0.15, 0.2) is 24.3 Å². The Hall–Kier alpha value is -1.81. The van der Waals surface area contributed by atoms with Crippen LogP contribution in [0.25, 0.3) is 11.3 Å². The van der Waals surface area contributed by atoms with E-state index < -0.39 is 0 Å². The Bertz CT molecular complexity index is 645. The molecule has 1 atom stereocenters. The van der Waals surface area contributed by atoms with Crippen molar-refractivity contribution >= 4 is 5.69 Å². The Kier molecular flexibility index (Phi) is 4.48. The SMILES string of the molecule is CCCCc1nc2c(n1CCCC)-c1ccccc1NC2N. The van der Waals surface area contributed by atoms with E-state index in [4.69, 9.17) is 10.7 Å². The predicted molar refractivity (Wildman–Crippen MR) is 91.7 cm³/mol. The van der Waals surface area contributed by atoms with Gasteiger partial charge in [0.25, 0.3) is 0 Å². The van der Waals surface area contributed by atoms with Gasteiger partial charge >= 0.3 is 0 Å². The Labute approximate surface area is 132 Å². The minimum atomic E-state index is -0.215. The number of hydrogen-bond acceptors (Lipinski definition) is 3. The van der Waals surface area contributed by atoms with Crippen molar-refractivity contribution in [2.24, 2.45) is 5.73 Å². The topological polar surface area (TPSA) is 55.9 Å². The molecule has 4 nitrogen and oxygen atoms in total. The number of rotatable bonds is 6. The molecule has 2 heterocycles. The highest BCUT2D eigenvalue weighted by molar-refractivity contribution is 5.81. The summed E-state index contributed by atoms with van der Waals surface area (Å²) < 4.78 is 2.41. The first-order valence-electron chi connectivity index (χ1n) is 8.47. The summed E-state index contributed by atoms with van der Waals surface area (Å²) in [5, 5.41) is 3.37. The van der Waals surface area contributed by atoms with Crippen molar-refractivity contribution in [2.75, 3.05) is 5.32 Å². The van der Waals surface area contributed by atoms with E-state index >= 15 is 0 Å². The smallest absolute Gasteiger partial charge is 0.120 e. The van der Waals surface area contributed by atoms with E-state index in [2.05, 4.69) is 41.9 Å². The molecule has 1 unspecified atom stereocenters. The first kappa shape index (κ1) is 15.1. The highest BCUT2D eigenvalue weighted by atomic mass is 15.2. The molecule has 0 bridgehead atoms. The quantitative estimate of drug-likeness (QED) is 0.845. The molecule has 0 spiro atoms. The molecule has 3 rings (SSSR count). The van der Waals surface area contributed by atoms with Crippen LogP contribution in [0.3, 0.4) is 0 Å². The van der Waals surface area contributed by atoms with Crippen LogP contribution in [-0.4, -0.2) is 9.55 Å². The molecule has 1 aliphatic heterocycles. The second-order valence-corrected chi connectivity index (χ2v) is 6.04. The van der Waals surface area contributed by atoms with Crippen molar-refractivity contribution in [3.05, 3.63) is 35.8 Å². The van der Waals surface area contributed by atoms with Crippen LogP contribution in [0.2, 0.25) is 0 Å². The van der Waals surface area contributed by atoms with Crippen molar-refractivity contribution in [1.29, 1.82) is 0 Å². The summed E-state index contributed by atoms with van der Waals surface area (Å²) in [5.74, 6) is 1.19. The van der Waals surface area contributed by atoms with Gasteiger partial charge in [0.2, 0.25) is 0 Å². The number of aromatic nitrogens is 2. The summed E-state index contributed by atoms with van der Waals surface area (Å²) in [6, 6.07) is 8.40. The highest BCUT2D eigenvalue weighted by Crippen LogP contribution is 2.39. The molecular weight excluding hydrogens is 272 g/mol. The zero-order valence-electron chi connectivity index (χ0n) is 13.6. The number of benzene rings is 1. The summed E-state index contributed by atoms with van der Waals surface area (Å²) in [5.41, 5.74) is 10.9. The number of nitrogens with one attached hydrogen (secondary N) is 1. The summed E-state index contributed by atoms with van der Waals surface area (Å²) in [6.07, 6.45) is 5.53. The molecule has 1 aromatic carbocycles. The summed E-state index contributed by atoms with van der Waals surface area (Å²) in [6.45, 7) is 5.48. The van der Waals surface area contributed by atoms with Crippen LogP contribution in [0.5, 0.6) is 0 Å². The fourth-order valence-corrected chi connectivity index (χ4v) is 3.15. The fraction of sp³-hybridized carbons (Fsp3) is 0.500. The number of hydrogen-bond donors (Lipinski definition) is 2. The number of para-hydroxylation sites is 1. The second-order valence-electron chi connectivity index (χ2n) is 6.04. The van der Waals surface area contributed by atoms with Crippen molar-refractivity contribution in [3.8, 4) is 11.3 Å². The molecule has 0 amide bonds. The van der Waals surface area contributed by atoms with E-state index in [1.54, 1.807) is 0 Å². The van der Waals surface area contributed by atoms with Gasteiger partial charge in [0.05, 0.1) is 5.69 Å². The minimum absolute atomic E-state index is 0.215. The van der Waals surface area contributed by atoms with Gasteiger partial charge in [0.1, 0.15) is 17.7 Å². The Balaban J connectivity index is 2.10. The number of nitrogens with zero attached hydrogens (tertiary/aromatic N) is 2. The third-order valence-electron chi connectivity index (χ3n) is 4.35. The van der Waals surface area contributed by atoms with Gasteiger partial charge in [-0.05, 0) is 18.9 Å². The van der Waals surface area contributed by atoms with Gasteiger partial charge in [0, 0.05) is 24.2 Å². The number of nitrogens with two attached hydrogens (primary N) is 1. The molecule has 4 heteroatoms. The Morgan fingerprint density at radius 1 is 1.18 bits per heavy atom. The standard InChI is InChI=1S/C18H26N4/c1-3-5-11-15-21-16-17(22(15)12-6-4-2)13-9-7-8-10-14(13)20-18(16)19/h7-10,18,20H,3-6,11-12,19H2,1-2H3. The average Bonchev–Trinajstić information content (AvgIpc) is 2.90. The number of imidazole rings is 1. The fourth-order valence-electron chi connectivity index (χ4n) is 3.15. The van der Waals surface area contributed by atoms with E-state index in [1.165, 1.54) is 42.8 Å². The second kappa shape index (κ2) is 6.53. The van der Waals surface area contributed by atoms with Crippen molar-refractivity contribution < 1.29 is 0 Å². The first-order chi connectivity index (χ1) is 10.8. The minimum Gasteiger partial charge on any atom is -0.364 e. The maximum Gasteiger partial charge on any atom is 0.120 e. The first-order valence-corrected chi connectivity index (χ1v) is 8.47. The molecule has 118 valence electrons. The molecule has 1 aliphatic rings. The van der Waals surface area contributed by atoms with Crippen LogP contribution in [-0.2, 0) is 13.0 Å². The van der Waals surface area contributed by atoms with E-state index in [9.17, 15) is 0 Å². The zero-order chi connectivity index (χ0) is 15.5. The van der Waals surface area contributed by atoms with Gasteiger partial charge in [-0.3, -0.25) is 0 Å². The van der Waals surface area contributed by atoms with Gasteiger partial charge in [-0.1, -0.05) is 44.9 Å². The van der Waals surface area contributed by atoms with Gasteiger partial charge < -0.3 is 15.6 Å². The number of anilines is 1. The number of aryl methyl sites for hydroxylation is 1. The molecule has 2 aromatic rings. The lowest BCUT2D eigenvalue weighted by molar-refractivity contribution is 0.595. The van der Waals surface area contributed by atoms with Crippen LogP contribution in [0.4, 0.5) is 5.69 Å². The lowest BCUT2D eigenvalue weighted by atomic mass is 10.0. The van der Waals surface area contributed by atoms with Crippen LogP contribution < -0.4 is 11.1 Å². The summed E-state index contributed by atoms with van der Waals surface area (Å²) in [7, 11) is 0. The molecule has 0 aliphatic carbocycles. The monoisotopic (exact) mass is 298 g/mol. The number of unbranched alkanes of at least 4 members (excludes halogenated alkanes) is 2. The maximum absolute atomic E-state index is 6.31. The highest BCUT2D eigenvalue weighted by Gasteiger charge is 2.28. The Morgan fingerprint density at radius 3 is 2.73 bits per heavy atom. The van der Waals surface area contributed by atoms with E-state index in [0.29, 0.717) is 0 Å². The molecular formula is C18H26N4. The van der Waals surface area contributed by atoms with Crippen molar-refractivity contribution in [2.45, 2.75) is 58.7 Å². The molecule has 0 fully saturated rings. The lowest BCUT2D eigenvalue weighted by Gasteiger charge is -2.25. The molecule has 22 heavy (non-hydrogen) atoms. The van der Waals surface area contributed by atoms with E-state index in [0.717, 1.165) is 24.3 Å². The molecule has 1 aromatic heterocycles. The van der Waals surface area contributed by atoms with Crippen molar-refractivity contribution in [3.63, 3.8) is 0 Å².